The smallest absolute Gasteiger partial charge is 0.0618 e. The van der Waals surface area contributed by atoms with E-state index in [1.165, 1.54) is 19.4 Å². The van der Waals surface area contributed by atoms with Crippen molar-refractivity contribution in [1.82, 2.24) is 15.5 Å². The Labute approximate surface area is 92.1 Å². The monoisotopic (exact) mass is 217 g/mol. The van der Waals surface area contributed by atoms with Crippen molar-refractivity contribution in [2.75, 3.05) is 33.7 Å². The largest absolute Gasteiger partial charge is 0.317 e. The predicted molar refractivity (Wildman–Crippen MR) is 67.8 cm³/mol. The number of unbranched alkanes of at least 4 members (excludes halogenated alkanes) is 1. The van der Waals surface area contributed by atoms with Gasteiger partial charge >= 0.3 is 0 Å². The van der Waals surface area contributed by atoms with Crippen LogP contribution < -0.4 is 10.6 Å². The van der Waals surface area contributed by atoms with Gasteiger partial charge < -0.3 is 10.6 Å². The third kappa shape index (κ3) is 4.08. The molecule has 0 aliphatic heterocycles. The molecule has 0 spiro atoms. The van der Waals surface area contributed by atoms with Crippen LogP contribution in [0, 0.1) is 0 Å². The lowest BCUT2D eigenvalue weighted by Gasteiger charge is -2.41. The lowest BCUT2D eigenvalue weighted by molar-refractivity contribution is 0.140. The molecule has 0 radical (unpaired) electrons. The van der Waals surface area contributed by atoms with Crippen LogP contribution in [0.5, 0.6) is 0 Å². The van der Waals surface area contributed by atoms with Crippen LogP contribution in [0.15, 0.2) is 0 Å². The average molecular weight is 217 g/mol. The topological polar surface area (TPSA) is 27.3 Å². The molecule has 3 nitrogen and oxygen atoms in total. The summed E-state index contributed by atoms with van der Waals surface area (Å²) in [5.41, 5.74) is 0. The van der Waals surface area contributed by atoms with Crippen LogP contribution in [0.3, 0.4) is 0 Å². The Kier molecular flexibility index (Phi) is 7.45. The molecule has 1 unspecified atom stereocenters. The van der Waals surface area contributed by atoms with Gasteiger partial charge in [0.25, 0.3) is 0 Å². The highest BCUT2D eigenvalue weighted by Crippen LogP contribution is 2.07. The maximum Gasteiger partial charge on any atom is 0.0618 e. The van der Waals surface area contributed by atoms with E-state index in [1.54, 1.807) is 0 Å². The number of likely N-dealkylation sites (N-methyl/N-ethyl adjacent to an activating group) is 3. The molecule has 0 fully saturated rings. The Hall–Kier alpha value is 0.0969. The van der Waals surface area contributed by atoms with E-state index in [2.05, 4.69) is 36.4 Å². The van der Waals surface area contributed by atoms with Crippen LogP contribution in [-0.4, -0.2) is 54.2 Å². The molecule has 4 heteroatoms. The average Bonchev–Trinajstić information content (AvgIpc) is 2.19. The fraction of sp³-hybridized carbons (Fsp3) is 1.00. The Morgan fingerprint density at radius 1 is 1.29 bits per heavy atom. The third-order valence-electron chi connectivity index (χ3n) is 2.92. The van der Waals surface area contributed by atoms with Crippen LogP contribution in [0.2, 0.25) is 0 Å². The van der Waals surface area contributed by atoms with E-state index < -0.39 is 0 Å². The van der Waals surface area contributed by atoms with Crippen LogP contribution in [0.1, 0.15) is 26.7 Å². The Bertz CT molecular complexity index is 143. The number of nitrogens with one attached hydrogen (secondary N) is 2. The highest BCUT2D eigenvalue weighted by atomic mass is 28.1. The van der Waals surface area contributed by atoms with Crippen molar-refractivity contribution in [3.8, 4) is 0 Å². The van der Waals surface area contributed by atoms with E-state index in [0.29, 0.717) is 0 Å². The molecule has 0 heterocycles. The van der Waals surface area contributed by atoms with Gasteiger partial charge in [-0.1, -0.05) is 20.3 Å². The molecule has 0 aromatic carbocycles. The molecule has 0 saturated carbocycles. The molecular formula is C10H27N3Si. The normalized spacial score (nSPS) is 16.1. The summed E-state index contributed by atoms with van der Waals surface area (Å²) < 4.78 is 0. The standard InChI is InChI=1S/C10H27N3Si/c1-5-7-8-13(6-2)10(14,12-4)9-11-3/h11-12H,5-9H2,1-4,14H3. The van der Waals surface area contributed by atoms with Crippen molar-refractivity contribution in [3.63, 3.8) is 0 Å². The summed E-state index contributed by atoms with van der Waals surface area (Å²) in [5, 5.41) is 6.97. The van der Waals surface area contributed by atoms with Gasteiger partial charge in [0.1, 0.15) is 0 Å². The van der Waals surface area contributed by atoms with Crippen LogP contribution >= 0.6 is 0 Å². The zero-order valence-electron chi connectivity index (χ0n) is 10.5. The fourth-order valence-corrected chi connectivity index (χ4v) is 2.70. The van der Waals surface area contributed by atoms with Crippen molar-refractivity contribution in [1.29, 1.82) is 0 Å². The van der Waals surface area contributed by atoms with Gasteiger partial charge in [0, 0.05) is 16.8 Å². The molecule has 14 heavy (non-hydrogen) atoms. The molecule has 0 amide bonds. The molecule has 86 valence electrons. The SMILES string of the molecule is CCCCN(CC)C([SiH3])(CNC)NC. The molecule has 0 aromatic heterocycles. The van der Waals surface area contributed by atoms with Crippen LogP contribution in [0.4, 0.5) is 0 Å². The van der Waals surface area contributed by atoms with E-state index in [0.717, 1.165) is 23.3 Å². The molecule has 0 bridgehead atoms. The molecule has 0 saturated heterocycles. The minimum Gasteiger partial charge on any atom is -0.317 e. The van der Waals surface area contributed by atoms with Crippen molar-refractivity contribution >= 4 is 10.2 Å². The number of hydrogen-bond acceptors (Lipinski definition) is 3. The first-order valence-corrected chi connectivity index (χ1v) is 6.73. The minimum atomic E-state index is 0.221. The lowest BCUT2D eigenvalue weighted by Crippen LogP contribution is -2.63. The summed E-state index contributed by atoms with van der Waals surface area (Å²) in [7, 11) is 5.23. The number of hydrogen-bond donors (Lipinski definition) is 2. The first-order chi connectivity index (χ1) is 6.64. The molecular weight excluding hydrogens is 190 g/mol. The van der Waals surface area contributed by atoms with Crippen molar-refractivity contribution < 1.29 is 0 Å². The number of rotatable bonds is 8. The van der Waals surface area contributed by atoms with Gasteiger partial charge in [-0.15, -0.1) is 0 Å². The second-order valence-corrected chi connectivity index (χ2v) is 5.64. The van der Waals surface area contributed by atoms with Crippen molar-refractivity contribution in [2.24, 2.45) is 0 Å². The van der Waals surface area contributed by atoms with Gasteiger partial charge in [0.05, 0.1) is 5.29 Å². The van der Waals surface area contributed by atoms with E-state index in [4.69, 9.17) is 0 Å². The summed E-state index contributed by atoms with van der Waals surface area (Å²) in [6.45, 7) is 7.87. The van der Waals surface area contributed by atoms with Crippen molar-refractivity contribution in [3.05, 3.63) is 0 Å². The number of nitrogens with zero attached hydrogens (tertiary/aromatic N) is 1. The summed E-state index contributed by atoms with van der Waals surface area (Å²) in [6, 6.07) is 0. The van der Waals surface area contributed by atoms with Gasteiger partial charge in [-0.3, -0.25) is 4.90 Å². The van der Waals surface area contributed by atoms with Gasteiger partial charge in [0.15, 0.2) is 0 Å². The fourth-order valence-electron chi connectivity index (χ4n) is 1.81. The van der Waals surface area contributed by atoms with Gasteiger partial charge in [-0.2, -0.15) is 0 Å². The summed E-state index contributed by atoms with van der Waals surface area (Å²) in [5.74, 6) is 0. The van der Waals surface area contributed by atoms with E-state index in [1.807, 2.05) is 7.05 Å². The van der Waals surface area contributed by atoms with Gasteiger partial charge in [-0.25, -0.2) is 0 Å². The second kappa shape index (κ2) is 7.40. The Morgan fingerprint density at radius 3 is 2.29 bits per heavy atom. The van der Waals surface area contributed by atoms with Crippen molar-refractivity contribution in [2.45, 2.75) is 32.0 Å². The minimum absolute atomic E-state index is 0.221. The molecule has 1 atom stereocenters. The predicted octanol–water partition coefficient (Wildman–Crippen LogP) is -0.434. The lowest BCUT2D eigenvalue weighted by atomic mass is 10.3. The van der Waals surface area contributed by atoms with E-state index >= 15 is 0 Å². The maximum atomic E-state index is 3.46. The van der Waals surface area contributed by atoms with Gasteiger partial charge in [0.2, 0.25) is 0 Å². The van der Waals surface area contributed by atoms with E-state index in [-0.39, 0.29) is 5.29 Å². The first-order valence-electron chi connectivity index (χ1n) is 5.73. The van der Waals surface area contributed by atoms with Crippen LogP contribution in [0.25, 0.3) is 0 Å². The zero-order valence-corrected chi connectivity index (χ0v) is 12.5. The third-order valence-corrected chi connectivity index (χ3v) is 4.41. The van der Waals surface area contributed by atoms with E-state index in [9.17, 15) is 0 Å². The highest BCUT2D eigenvalue weighted by molar-refractivity contribution is 6.15. The van der Waals surface area contributed by atoms with Gasteiger partial charge in [-0.05, 0) is 33.6 Å². The first kappa shape index (κ1) is 14.1. The molecule has 0 aliphatic rings. The maximum absolute atomic E-state index is 3.46. The highest BCUT2D eigenvalue weighted by Gasteiger charge is 2.27. The molecule has 0 aromatic rings. The molecule has 2 N–H and O–H groups in total. The Balaban J connectivity index is 4.26. The Morgan fingerprint density at radius 2 is 1.93 bits per heavy atom. The second-order valence-electron chi connectivity index (χ2n) is 3.99. The summed E-state index contributed by atoms with van der Waals surface area (Å²) >= 11 is 0. The van der Waals surface area contributed by atoms with Crippen LogP contribution in [-0.2, 0) is 0 Å². The molecule has 0 rings (SSSR count). The zero-order chi connectivity index (χ0) is 11.0. The summed E-state index contributed by atoms with van der Waals surface area (Å²) in [6.07, 6.45) is 2.57. The quantitative estimate of drug-likeness (QED) is 0.427. The molecule has 0 aliphatic carbocycles. The summed E-state index contributed by atoms with van der Waals surface area (Å²) in [4.78, 5) is 2.55.